The molecule has 0 aromatic heterocycles. The molecule has 0 bridgehead atoms. The van der Waals surface area contributed by atoms with Crippen LogP contribution in [-0.2, 0) is 16.0 Å². The molecule has 2 saturated heterocycles. The Balaban J connectivity index is 1.31. The second-order valence-electron chi connectivity index (χ2n) is 10.6. The van der Waals surface area contributed by atoms with Crippen LogP contribution in [-0.4, -0.2) is 66.2 Å². The summed E-state index contributed by atoms with van der Waals surface area (Å²) in [4.78, 5) is 28.0. The van der Waals surface area contributed by atoms with Crippen molar-refractivity contribution in [2.75, 3.05) is 26.2 Å². The molecule has 8 nitrogen and oxygen atoms in total. The topological polar surface area (TPSA) is 109 Å². The van der Waals surface area contributed by atoms with E-state index in [2.05, 4.69) is 6.07 Å². The van der Waals surface area contributed by atoms with Crippen LogP contribution in [0, 0.1) is 23.1 Å². The standard InChI is InChI=1S/C30H37FN4O4/c1-20(2)39-30(37)34-13-10-21(11-14-34)19-38-26-7-3-5-22(15-26)23-8-9-24(27(31)16-23)17-28(33)29(36)35-12-4-6-25(35)18-32/h3,5,7-9,15-16,20-21,25,28H,4,6,10-14,17,19,33H2,1-2H3. The van der Waals surface area contributed by atoms with Gasteiger partial charge in [-0.2, -0.15) is 5.26 Å². The van der Waals surface area contributed by atoms with E-state index in [9.17, 15) is 14.9 Å². The minimum atomic E-state index is -0.899. The predicted molar refractivity (Wildman–Crippen MR) is 145 cm³/mol. The molecule has 9 heteroatoms. The second-order valence-corrected chi connectivity index (χ2v) is 10.6. The first-order valence-electron chi connectivity index (χ1n) is 13.7. The Kier molecular flexibility index (Phi) is 9.41. The van der Waals surface area contributed by atoms with E-state index < -0.39 is 17.9 Å². The maximum atomic E-state index is 15.0. The molecule has 0 spiro atoms. The van der Waals surface area contributed by atoms with Gasteiger partial charge >= 0.3 is 6.09 Å². The number of amides is 2. The lowest BCUT2D eigenvalue weighted by molar-refractivity contribution is -0.132. The van der Waals surface area contributed by atoms with Gasteiger partial charge in [0.2, 0.25) is 5.91 Å². The van der Waals surface area contributed by atoms with Crippen molar-refractivity contribution >= 4 is 12.0 Å². The van der Waals surface area contributed by atoms with Crippen molar-refractivity contribution in [3.05, 3.63) is 53.8 Å². The van der Waals surface area contributed by atoms with E-state index in [-0.39, 0.29) is 24.5 Å². The van der Waals surface area contributed by atoms with Crippen LogP contribution >= 0.6 is 0 Å². The third-order valence-corrected chi connectivity index (χ3v) is 7.36. The Labute approximate surface area is 229 Å². The van der Waals surface area contributed by atoms with Crippen LogP contribution in [0.3, 0.4) is 0 Å². The van der Waals surface area contributed by atoms with Gasteiger partial charge in [0.15, 0.2) is 0 Å². The Morgan fingerprint density at radius 3 is 2.54 bits per heavy atom. The van der Waals surface area contributed by atoms with Crippen molar-refractivity contribution in [1.82, 2.24) is 9.80 Å². The summed E-state index contributed by atoms with van der Waals surface area (Å²) in [5.74, 6) is 0.296. The van der Waals surface area contributed by atoms with E-state index in [4.69, 9.17) is 15.2 Å². The SMILES string of the molecule is CC(C)OC(=O)N1CCC(COc2cccc(-c3ccc(CC(N)C(=O)N4CCCC4C#N)c(F)c3)c2)CC1. The zero-order valence-corrected chi connectivity index (χ0v) is 22.6. The number of carbonyl (C=O) groups excluding carboxylic acids is 2. The largest absolute Gasteiger partial charge is 0.493 e. The Morgan fingerprint density at radius 1 is 1.10 bits per heavy atom. The van der Waals surface area contributed by atoms with Gasteiger partial charge in [-0.1, -0.05) is 24.3 Å². The van der Waals surface area contributed by atoms with Crippen molar-refractivity contribution in [2.24, 2.45) is 11.7 Å². The zero-order valence-electron chi connectivity index (χ0n) is 22.6. The van der Waals surface area contributed by atoms with Crippen LogP contribution in [0.5, 0.6) is 5.75 Å². The van der Waals surface area contributed by atoms with Crippen molar-refractivity contribution in [1.29, 1.82) is 5.26 Å². The lowest BCUT2D eigenvalue weighted by Crippen LogP contribution is -2.46. The molecule has 0 saturated carbocycles. The lowest BCUT2D eigenvalue weighted by Gasteiger charge is -2.31. The maximum Gasteiger partial charge on any atom is 0.410 e. The van der Waals surface area contributed by atoms with Gasteiger partial charge in [-0.05, 0) is 86.8 Å². The number of likely N-dealkylation sites (tertiary alicyclic amines) is 2. The minimum absolute atomic E-state index is 0.0662. The van der Waals surface area contributed by atoms with Gasteiger partial charge in [-0.3, -0.25) is 4.79 Å². The smallest absolute Gasteiger partial charge is 0.410 e. The summed E-state index contributed by atoms with van der Waals surface area (Å²) in [5, 5.41) is 9.24. The van der Waals surface area contributed by atoms with Gasteiger partial charge in [-0.15, -0.1) is 0 Å². The van der Waals surface area contributed by atoms with E-state index in [1.807, 2.05) is 44.2 Å². The lowest BCUT2D eigenvalue weighted by atomic mass is 9.98. The van der Waals surface area contributed by atoms with E-state index >= 15 is 4.39 Å². The highest BCUT2D eigenvalue weighted by atomic mass is 19.1. The van der Waals surface area contributed by atoms with Gasteiger partial charge < -0.3 is 25.0 Å². The first kappa shape index (κ1) is 28.4. The van der Waals surface area contributed by atoms with E-state index in [1.165, 1.54) is 11.0 Å². The number of hydrogen-bond acceptors (Lipinski definition) is 6. The van der Waals surface area contributed by atoms with Crippen LogP contribution in [0.4, 0.5) is 9.18 Å². The molecule has 0 aliphatic carbocycles. The monoisotopic (exact) mass is 536 g/mol. The average Bonchev–Trinajstić information content (AvgIpc) is 3.41. The summed E-state index contributed by atoms with van der Waals surface area (Å²) < 4.78 is 26.4. The average molecular weight is 537 g/mol. The fraction of sp³-hybridized carbons (Fsp3) is 0.500. The highest BCUT2D eigenvalue weighted by molar-refractivity contribution is 5.83. The molecule has 2 unspecified atom stereocenters. The molecule has 2 aromatic carbocycles. The first-order chi connectivity index (χ1) is 18.7. The normalized spacial score (nSPS) is 18.6. The van der Waals surface area contributed by atoms with Gasteiger partial charge in [0, 0.05) is 19.6 Å². The molecule has 2 aliphatic heterocycles. The molecular weight excluding hydrogens is 499 g/mol. The molecule has 2 aliphatic rings. The van der Waals surface area contributed by atoms with Crippen molar-refractivity contribution in [2.45, 2.75) is 64.1 Å². The highest BCUT2D eigenvalue weighted by Gasteiger charge is 2.32. The quantitative estimate of drug-likeness (QED) is 0.532. The number of nitriles is 1. The van der Waals surface area contributed by atoms with Crippen molar-refractivity contribution in [3.8, 4) is 22.9 Å². The third-order valence-electron chi connectivity index (χ3n) is 7.36. The van der Waals surface area contributed by atoms with E-state index in [0.29, 0.717) is 55.5 Å². The zero-order chi connectivity index (χ0) is 27.9. The molecule has 208 valence electrons. The molecule has 2 heterocycles. The number of nitrogens with zero attached hydrogens (tertiary/aromatic N) is 3. The number of ether oxygens (including phenoxy) is 2. The molecule has 2 amide bonds. The number of nitrogens with two attached hydrogens (primary N) is 1. The predicted octanol–water partition coefficient (Wildman–Crippen LogP) is 4.51. The van der Waals surface area contributed by atoms with Gasteiger partial charge in [0.05, 0.1) is 24.8 Å². The summed E-state index contributed by atoms with van der Waals surface area (Å²) in [5.41, 5.74) is 7.99. The molecule has 4 rings (SSSR count). The van der Waals surface area contributed by atoms with Gasteiger partial charge in [0.1, 0.15) is 17.6 Å². The minimum Gasteiger partial charge on any atom is -0.493 e. The summed E-state index contributed by atoms with van der Waals surface area (Å²) in [6.45, 7) is 6.04. The Hall–Kier alpha value is -3.64. The van der Waals surface area contributed by atoms with Crippen LogP contribution < -0.4 is 10.5 Å². The van der Waals surface area contributed by atoms with Crippen LogP contribution in [0.15, 0.2) is 42.5 Å². The number of rotatable bonds is 8. The van der Waals surface area contributed by atoms with Crippen LogP contribution in [0.25, 0.3) is 11.1 Å². The molecule has 39 heavy (non-hydrogen) atoms. The number of halogens is 1. The molecule has 2 fully saturated rings. The molecule has 2 aromatic rings. The summed E-state index contributed by atoms with van der Waals surface area (Å²) in [6, 6.07) is 13.2. The number of piperidine rings is 1. The highest BCUT2D eigenvalue weighted by Crippen LogP contribution is 2.28. The van der Waals surface area contributed by atoms with Crippen LogP contribution in [0.1, 0.15) is 45.1 Å². The Morgan fingerprint density at radius 2 is 1.85 bits per heavy atom. The van der Waals surface area contributed by atoms with E-state index in [0.717, 1.165) is 24.8 Å². The maximum absolute atomic E-state index is 15.0. The third kappa shape index (κ3) is 7.27. The van der Waals surface area contributed by atoms with Crippen molar-refractivity contribution in [3.63, 3.8) is 0 Å². The molecular formula is C30H37FN4O4. The summed E-state index contributed by atoms with van der Waals surface area (Å²) in [6.07, 6.45) is 2.79. The van der Waals surface area contributed by atoms with Gasteiger partial charge in [0.25, 0.3) is 0 Å². The molecule has 2 atom stereocenters. The fourth-order valence-electron chi connectivity index (χ4n) is 5.13. The van der Waals surface area contributed by atoms with Gasteiger partial charge in [-0.25, -0.2) is 9.18 Å². The number of carbonyl (C=O) groups is 2. The van der Waals surface area contributed by atoms with Crippen LogP contribution in [0.2, 0.25) is 0 Å². The number of hydrogen-bond donors (Lipinski definition) is 1. The second kappa shape index (κ2) is 12.9. The molecule has 0 radical (unpaired) electrons. The summed E-state index contributed by atoms with van der Waals surface area (Å²) >= 11 is 0. The van der Waals surface area contributed by atoms with E-state index in [1.54, 1.807) is 11.0 Å². The molecule has 2 N–H and O–H groups in total. The first-order valence-corrected chi connectivity index (χ1v) is 13.7. The summed E-state index contributed by atoms with van der Waals surface area (Å²) in [7, 11) is 0. The Bertz CT molecular complexity index is 1210. The fourth-order valence-corrected chi connectivity index (χ4v) is 5.13. The van der Waals surface area contributed by atoms with Crippen molar-refractivity contribution < 1.29 is 23.5 Å². The number of benzene rings is 2.